The summed E-state index contributed by atoms with van der Waals surface area (Å²) in [6, 6.07) is 5.94. The van der Waals surface area contributed by atoms with Crippen molar-refractivity contribution in [3.8, 4) is 0 Å². The molecule has 21 heavy (non-hydrogen) atoms. The van der Waals surface area contributed by atoms with Gasteiger partial charge in [0.05, 0.1) is 18.0 Å². The molecule has 1 unspecified atom stereocenters. The van der Waals surface area contributed by atoms with E-state index in [0.29, 0.717) is 23.9 Å². The molecule has 1 aromatic carbocycles. The lowest BCUT2D eigenvalue weighted by molar-refractivity contribution is 0.0963. The normalized spacial score (nSPS) is 15.6. The molecule has 3 N–H and O–H groups in total. The van der Waals surface area contributed by atoms with E-state index in [1.165, 1.54) is 12.8 Å². The van der Waals surface area contributed by atoms with E-state index < -0.39 is 0 Å². The summed E-state index contributed by atoms with van der Waals surface area (Å²) in [5, 5.41) is 2.61. The van der Waals surface area contributed by atoms with Crippen molar-refractivity contribution >= 4 is 17.3 Å². The van der Waals surface area contributed by atoms with Gasteiger partial charge in [0.1, 0.15) is 0 Å². The van der Waals surface area contributed by atoms with E-state index in [1.54, 1.807) is 20.2 Å². The van der Waals surface area contributed by atoms with Crippen molar-refractivity contribution in [2.75, 3.05) is 37.9 Å². The number of anilines is 2. The zero-order chi connectivity index (χ0) is 15.4. The van der Waals surface area contributed by atoms with Crippen LogP contribution in [0.1, 0.15) is 30.1 Å². The predicted octanol–water partition coefficient (Wildman–Crippen LogP) is 1.88. The molecule has 0 bridgehead atoms. The van der Waals surface area contributed by atoms with Crippen LogP contribution in [0.25, 0.3) is 0 Å². The first kappa shape index (κ1) is 15.6. The SMILES string of the molecule is CNC(=O)c1ccc(N(CCOC)C(C)C2CC2)c(N)c1. The lowest BCUT2D eigenvalue weighted by Gasteiger charge is -2.32. The van der Waals surface area contributed by atoms with Crippen LogP contribution in [0.4, 0.5) is 11.4 Å². The number of amides is 1. The van der Waals surface area contributed by atoms with Crippen LogP contribution in [-0.4, -0.2) is 39.3 Å². The average Bonchev–Trinajstić information content (AvgIpc) is 3.32. The van der Waals surface area contributed by atoms with Gasteiger partial charge in [0.25, 0.3) is 5.91 Å². The van der Waals surface area contributed by atoms with E-state index in [0.717, 1.165) is 18.2 Å². The van der Waals surface area contributed by atoms with Gasteiger partial charge < -0.3 is 20.7 Å². The van der Waals surface area contributed by atoms with Crippen molar-refractivity contribution < 1.29 is 9.53 Å². The number of methoxy groups -OCH3 is 1. The fourth-order valence-corrected chi connectivity index (χ4v) is 2.67. The van der Waals surface area contributed by atoms with Crippen molar-refractivity contribution in [2.45, 2.75) is 25.8 Å². The van der Waals surface area contributed by atoms with E-state index >= 15 is 0 Å². The monoisotopic (exact) mass is 291 g/mol. The first-order chi connectivity index (χ1) is 10.1. The molecule has 1 aliphatic rings. The molecule has 0 aliphatic heterocycles. The minimum atomic E-state index is -0.119. The smallest absolute Gasteiger partial charge is 0.251 e. The Kier molecular flexibility index (Phi) is 5.07. The Morgan fingerprint density at radius 1 is 1.52 bits per heavy atom. The fourth-order valence-electron chi connectivity index (χ4n) is 2.67. The second kappa shape index (κ2) is 6.80. The Balaban J connectivity index is 2.24. The summed E-state index contributed by atoms with van der Waals surface area (Å²) >= 11 is 0. The molecular formula is C16H25N3O2. The number of carbonyl (C=O) groups excluding carboxylic acids is 1. The minimum Gasteiger partial charge on any atom is -0.397 e. The van der Waals surface area contributed by atoms with Gasteiger partial charge in [-0.2, -0.15) is 0 Å². The third-order valence-electron chi connectivity index (χ3n) is 4.16. The Hall–Kier alpha value is -1.75. The van der Waals surface area contributed by atoms with Crippen LogP contribution in [-0.2, 0) is 4.74 Å². The Morgan fingerprint density at radius 3 is 2.76 bits per heavy atom. The van der Waals surface area contributed by atoms with Crippen LogP contribution in [0.15, 0.2) is 18.2 Å². The molecule has 0 aromatic heterocycles. The summed E-state index contributed by atoms with van der Waals surface area (Å²) in [5.74, 6) is 0.617. The summed E-state index contributed by atoms with van der Waals surface area (Å²) < 4.78 is 5.22. The van der Waals surface area contributed by atoms with Gasteiger partial charge in [-0.05, 0) is 43.9 Å². The number of carbonyl (C=O) groups is 1. The summed E-state index contributed by atoms with van der Waals surface area (Å²) in [4.78, 5) is 14.0. The number of nitrogens with zero attached hydrogens (tertiary/aromatic N) is 1. The van der Waals surface area contributed by atoms with Gasteiger partial charge >= 0.3 is 0 Å². The molecule has 1 atom stereocenters. The second-order valence-electron chi connectivity index (χ2n) is 5.62. The van der Waals surface area contributed by atoms with Gasteiger partial charge in [-0.3, -0.25) is 4.79 Å². The van der Waals surface area contributed by atoms with Crippen molar-refractivity contribution in [3.63, 3.8) is 0 Å². The molecule has 0 heterocycles. The molecule has 1 fully saturated rings. The molecule has 2 rings (SSSR count). The zero-order valence-corrected chi connectivity index (χ0v) is 13.1. The second-order valence-corrected chi connectivity index (χ2v) is 5.62. The molecule has 5 heteroatoms. The first-order valence-electron chi connectivity index (χ1n) is 7.45. The van der Waals surface area contributed by atoms with Crippen molar-refractivity contribution in [1.82, 2.24) is 5.32 Å². The number of ether oxygens (including phenoxy) is 1. The average molecular weight is 291 g/mol. The third-order valence-corrected chi connectivity index (χ3v) is 4.16. The van der Waals surface area contributed by atoms with Crippen molar-refractivity contribution in [3.05, 3.63) is 23.8 Å². The highest BCUT2D eigenvalue weighted by Crippen LogP contribution is 2.38. The van der Waals surface area contributed by atoms with Gasteiger partial charge in [0.2, 0.25) is 0 Å². The maximum atomic E-state index is 11.7. The fraction of sp³-hybridized carbons (Fsp3) is 0.562. The van der Waals surface area contributed by atoms with Crippen LogP contribution in [0.2, 0.25) is 0 Å². The number of benzene rings is 1. The maximum Gasteiger partial charge on any atom is 0.251 e. The maximum absolute atomic E-state index is 11.7. The van der Waals surface area contributed by atoms with Crippen molar-refractivity contribution in [1.29, 1.82) is 0 Å². The molecular weight excluding hydrogens is 266 g/mol. The molecule has 1 aromatic rings. The molecule has 116 valence electrons. The van der Waals surface area contributed by atoms with Gasteiger partial charge in [0.15, 0.2) is 0 Å². The Bertz CT molecular complexity index is 500. The zero-order valence-electron chi connectivity index (χ0n) is 13.1. The molecule has 0 saturated heterocycles. The summed E-state index contributed by atoms with van der Waals surface area (Å²) in [5.41, 5.74) is 8.39. The van der Waals surface area contributed by atoms with Gasteiger partial charge in [0, 0.05) is 32.3 Å². The largest absolute Gasteiger partial charge is 0.397 e. The standard InChI is InChI=1S/C16H25N3O2/c1-11(12-4-5-12)19(8-9-21-3)15-7-6-13(10-14(15)17)16(20)18-2/h6-7,10-12H,4-5,8-9,17H2,1-3H3,(H,18,20). The molecule has 5 nitrogen and oxygen atoms in total. The van der Waals surface area contributed by atoms with E-state index in [4.69, 9.17) is 10.5 Å². The van der Waals surface area contributed by atoms with Crippen LogP contribution < -0.4 is 16.0 Å². The molecule has 1 aliphatic carbocycles. The molecule has 0 spiro atoms. The van der Waals surface area contributed by atoms with Crippen LogP contribution in [0.3, 0.4) is 0 Å². The lowest BCUT2D eigenvalue weighted by atomic mass is 10.1. The lowest BCUT2D eigenvalue weighted by Crippen LogP contribution is -2.37. The van der Waals surface area contributed by atoms with E-state index in [9.17, 15) is 4.79 Å². The topological polar surface area (TPSA) is 67.6 Å². The third kappa shape index (κ3) is 3.67. The molecule has 0 radical (unpaired) electrons. The quantitative estimate of drug-likeness (QED) is 0.753. The van der Waals surface area contributed by atoms with Gasteiger partial charge in [-0.25, -0.2) is 0 Å². The van der Waals surface area contributed by atoms with E-state index in [-0.39, 0.29) is 5.91 Å². The van der Waals surface area contributed by atoms with Gasteiger partial charge in [-0.1, -0.05) is 0 Å². The van der Waals surface area contributed by atoms with Gasteiger partial charge in [-0.15, -0.1) is 0 Å². The first-order valence-corrected chi connectivity index (χ1v) is 7.45. The summed E-state index contributed by atoms with van der Waals surface area (Å²) in [7, 11) is 3.32. The predicted molar refractivity (Wildman–Crippen MR) is 85.7 cm³/mol. The van der Waals surface area contributed by atoms with Crippen molar-refractivity contribution in [2.24, 2.45) is 5.92 Å². The van der Waals surface area contributed by atoms with Crippen LogP contribution >= 0.6 is 0 Å². The molecule has 1 saturated carbocycles. The number of hydrogen-bond donors (Lipinski definition) is 2. The minimum absolute atomic E-state index is 0.119. The number of hydrogen-bond acceptors (Lipinski definition) is 4. The highest BCUT2D eigenvalue weighted by Gasteiger charge is 2.32. The highest BCUT2D eigenvalue weighted by atomic mass is 16.5. The highest BCUT2D eigenvalue weighted by molar-refractivity contribution is 5.96. The van der Waals surface area contributed by atoms with Crippen LogP contribution in [0.5, 0.6) is 0 Å². The number of rotatable bonds is 7. The Morgan fingerprint density at radius 2 is 2.24 bits per heavy atom. The van der Waals surface area contributed by atoms with E-state index in [2.05, 4.69) is 17.1 Å². The van der Waals surface area contributed by atoms with Crippen LogP contribution in [0, 0.1) is 5.92 Å². The summed E-state index contributed by atoms with van der Waals surface area (Å²) in [6.07, 6.45) is 2.56. The number of nitrogens with two attached hydrogens (primary N) is 1. The molecule has 1 amide bonds. The number of nitrogen functional groups attached to an aromatic ring is 1. The Labute approximate surface area is 126 Å². The summed E-state index contributed by atoms with van der Waals surface area (Å²) in [6.45, 7) is 3.70. The van der Waals surface area contributed by atoms with E-state index in [1.807, 2.05) is 12.1 Å². The number of nitrogens with one attached hydrogen (secondary N) is 1.